The van der Waals surface area contributed by atoms with Gasteiger partial charge in [0.1, 0.15) is 23.1 Å². The monoisotopic (exact) mass is 350 g/mol. The summed E-state index contributed by atoms with van der Waals surface area (Å²) in [5, 5.41) is 4.07. The SMILES string of the molecule is C=C[C@H]1O[C@@H]2OC(CC(Cl)Cl)O[C@@H]2[C@H]1OCc1ccsc1. The summed E-state index contributed by atoms with van der Waals surface area (Å²) in [5.41, 5.74) is 1.13. The van der Waals surface area contributed by atoms with E-state index in [0.717, 1.165) is 5.56 Å². The molecular weight excluding hydrogens is 335 g/mol. The molecule has 3 rings (SSSR count). The highest BCUT2D eigenvalue weighted by molar-refractivity contribution is 7.07. The second-order valence-electron chi connectivity index (χ2n) is 4.91. The smallest absolute Gasteiger partial charge is 0.190 e. The quantitative estimate of drug-likeness (QED) is 0.581. The molecule has 0 aliphatic carbocycles. The van der Waals surface area contributed by atoms with Gasteiger partial charge in [0.2, 0.25) is 0 Å². The molecule has 7 heteroatoms. The summed E-state index contributed by atoms with van der Waals surface area (Å²) in [6.07, 6.45) is 0.405. The lowest BCUT2D eigenvalue weighted by molar-refractivity contribution is -0.165. The van der Waals surface area contributed by atoms with Gasteiger partial charge >= 0.3 is 0 Å². The fraction of sp³-hybridized carbons (Fsp3) is 0.571. The largest absolute Gasteiger partial charge is 0.368 e. The minimum absolute atomic E-state index is 0.248. The fourth-order valence-electron chi connectivity index (χ4n) is 2.46. The molecule has 2 saturated heterocycles. The van der Waals surface area contributed by atoms with Crippen LogP contribution >= 0.6 is 34.5 Å². The number of alkyl halides is 2. The molecule has 2 fully saturated rings. The van der Waals surface area contributed by atoms with E-state index < -0.39 is 17.4 Å². The van der Waals surface area contributed by atoms with Crippen LogP contribution in [0.2, 0.25) is 0 Å². The lowest BCUT2D eigenvalue weighted by Crippen LogP contribution is -2.34. The summed E-state index contributed by atoms with van der Waals surface area (Å²) in [6.45, 7) is 4.28. The fourth-order valence-corrected chi connectivity index (χ4v) is 3.41. The molecule has 0 spiro atoms. The highest BCUT2D eigenvalue weighted by Crippen LogP contribution is 2.36. The number of fused-ring (bicyclic) bond motifs is 1. The molecule has 116 valence electrons. The molecule has 1 aromatic rings. The molecule has 0 aromatic carbocycles. The summed E-state index contributed by atoms with van der Waals surface area (Å²) in [5.74, 6) is 0. The van der Waals surface area contributed by atoms with Gasteiger partial charge in [-0.25, -0.2) is 0 Å². The Morgan fingerprint density at radius 1 is 1.38 bits per heavy atom. The van der Waals surface area contributed by atoms with Crippen LogP contribution in [0.5, 0.6) is 0 Å². The molecule has 1 unspecified atom stereocenters. The van der Waals surface area contributed by atoms with Crippen LogP contribution in [-0.4, -0.2) is 35.7 Å². The lowest BCUT2D eigenvalue weighted by Gasteiger charge is -2.21. The van der Waals surface area contributed by atoms with Crippen molar-refractivity contribution < 1.29 is 18.9 Å². The molecule has 2 aliphatic rings. The summed E-state index contributed by atoms with van der Waals surface area (Å²) in [7, 11) is 0. The Balaban J connectivity index is 1.61. The number of ether oxygens (including phenoxy) is 4. The number of rotatable bonds is 6. The van der Waals surface area contributed by atoms with Crippen LogP contribution in [0.4, 0.5) is 0 Å². The molecule has 0 amide bonds. The van der Waals surface area contributed by atoms with E-state index in [1.807, 2.05) is 11.4 Å². The predicted octanol–water partition coefficient (Wildman–Crippen LogP) is 3.48. The van der Waals surface area contributed by atoms with Gasteiger partial charge in [-0.1, -0.05) is 6.08 Å². The minimum atomic E-state index is -0.533. The Labute approximate surface area is 137 Å². The van der Waals surface area contributed by atoms with Crippen LogP contribution in [0.25, 0.3) is 0 Å². The summed E-state index contributed by atoms with van der Waals surface area (Å²) < 4.78 is 23.2. The van der Waals surface area contributed by atoms with E-state index in [4.69, 9.17) is 42.1 Å². The van der Waals surface area contributed by atoms with Crippen molar-refractivity contribution in [2.75, 3.05) is 0 Å². The van der Waals surface area contributed by atoms with Crippen molar-refractivity contribution in [1.29, 1.82) is 0 Å². The Morgan fingerprint density at radius 2 is 2.24 bits per heavy atom. The van der Waals surface area contributed by atoms with E-state index in [2.05, 4.69) is 12.0 Å². The third-order valence-corrected chi connectivity index (χ3v) is 4.52. The van der Waals surface area contributed by atoms with Crippen LogP contribution in [0.3, 0.4) is 0 Å². The van der Waals surface area contributed by atoms with Gasteiger partial charge in [0.05, 0.1) is 6.61 Å². The summed E-state index contributed by atoms with van der Waals surface area (Å²) >= 11 is 13.1. The van der Waals surface area contributed by atoms with Crippen molar-refractivity contribution >= 4 is 34.5 Å². The minimum Gasteiger partial charge on any atom is -0.368 e. The zero-order chi connectivity index (χ0) is 14.8. The van der Waals surface area contributed by atoms with E-state index in [-0.39, 0.29) is 18.3 Å². The number of hydrogen-bond donors (Lipinski definition) is 0. The molecule has 0 saturated carbocycles. The lowest BCUT2D eigenvalue weighted by atomic mass is 10.1. The number of halogens is 2. The van der Waals surface area contributed by atoms with Gasteiger partial charge in [-0.3, -0.25) is 0 Å². The third kappa shape index (κ3) is 3.62. The van der Waals surface area contributed by atoms with Gasteiger partial charge in [0.25, 0.3) is 0 Å². The Kier molecular flexibility index (Phi) is 5.22. The van der Waals surface area contributed by atoms with Crippen molar-refractivity contribution in [1.82, 2.24) is 0 Å². The molecule has 3 heterocycles. The first kappa shape index (κ1) is 15.7. The van der Waals surface area contributed by atoms with Crippen LogP contribution in [0, 0.1) is 0 Å². The molecule has 0 bridgehead atoms. The first-order valence-electron chi connectivity index (χ1n) is 6.67. The van der Waals surface area contributed by atoms with E-state index in [1.54, 1.807) is 17.4 Å². The average Bonchev–Trinajstić information content (AvgIpc) is 3.11. The van der Waals surface area contributed by atoms with E-state index >= 15 is 0 Å². The van der Waals surface area contributed by atoms with Crippen molar-refractivity contribution in [2.24, 2.45) is 0 Å². The van der Waals surface area contributed by atoms with Crippen LogP contribution in [0.15, 0.2) is 29.5 Å². The highest BCUT2D eigenvalue weighted by Gasteiger charge is 2.52. The van der Waals surface area contributed by atoms with Crippen molar-refractivity contribution in [2.45, 2.75) is 48.8 Å². The van der Waals surface area contributed by atoms with Crippen LogP contribution in [0.1, 0.15) is 12.0 Å². The van der Waals surface area contributed by atoms with Gasteiger partial charge in [0, 0.05) is 6.42 Å². The predicted molar refractivity (Wildman–Crippen MR) is 81.6 cm³/mol. The zero-order valence-corrected chi connectivity index (χ0v) is 13.5. The first-order chi connectivity index (χ1) is 10.2. The zero-order valence-electron chi connectivity index (χ0n) is 11.2. The summed E-state index contributed by atoms with van der Waals surface area (Å²) in [4.78, 5) is -0.533. The second kappa shape index (κ2) is 6.96. The molecule has 0 N–H and O–H groups in total. The number of hydrogen-bond acceptors (Lipinski definition) is 5. The molecule has 21 heavy (non-hydrogen) atoms. The second-order valence-corrected chi connectivity index (χ2v) is 6.96. The molecule has 4 nitrogen and oxygen atoms in total. The van der Waals surface area contributed by atoms with Gasteiger partial charge in [-0.15, -0.1) is 29.8 Å². The normalized spacial score (nSPS) is 35.3. The Morgan fingerprint density at radius 3 is 2.90 bits per heavy atom. The van der Waals surface area contributed by atoms with Crippen molar-refractivity contribution in [3.63, 3.8) is 0 Å². The topological polar surface area (TPSA) is 36.9 Å². The van der Waals surface area contributed by atoms with Crippen LogP contribution < -0.4 is 0 Å². The van der Waals surface area contributed by atoms with Gasteiger partial charge in [-0.2, -0.15) is 11.3 Å². The van der Waals surface area contributed by atoms with Crippen LogP contribution in [-0.2, 0) is 25.6 Å². The molecule has 1 aromatic heterocycles. The summed E-state index contributed by atoms with van der Waals surface area (Å²) in [6, 6.07) is 2.03. The highest BCUT2D eigenvalue weighted by atomic mass is 35.5. The molecule has 5 atom stereocenters. The Bertz CT molecular complexity index is 468. The average molecular weight is 351 g/mol. The Hall–Kier alpha value is -0.140. The van der Waals surface area contributed by atoms with E-state index in [9.17, 15) is 0 Å². The molecule has 0 radical (unpaired) electrons. The standard InChI is InChI=1S/C14H16Cl2O4S/c1-2-9-12(17-6-8-3-4-21-7-8)13-14(18-9)20-11(19-13)5-10(15)16/h2-4,7,9-14H,1,5-6H2/t9-,11?,12+,13-,14-/m1/s1. The van der Waals surface area contributed by atoms with Crippen molar-refractivity contribution in [3.05, 3.63) is 35.0 Å². The maximum atomic E-state index is 5.96. The van der Waals surface area contributed by atoms with Gasteiger partial charge in [0.15, 0.2) is 12.6 Å². The third-order valence-electron chi connectivity index (χ3n) is 3.43. The van der Waals surface area contributed by atoms with Gasteiger partial charge in [-0.05, 0) is 22.4 Å². The van der Waals surface area contributed by atoms with Gasteiger partial charge < -0.3 is 18.9 Å². The maximum absolute atomic E-state index is 5.96. The van der Waals surface area contributed by atoms with E-state index in [0.29, 0.717) is 13.0 Å². The maximum Gasteiger partial charge on any atom is 0.190 e. The van der Waals surface area contributed by atoms with E-state index in [1.165, 1.54) is 0 Å². The first-order valence-corrected chi connectivity index (χ1v) is 8.48. The van der Waals surface area contributed by atoms with Crippen molar-refractivity contribution in [3.8, 4) is 0 Å². The molecule has 2 aliphatic heterocycles. The molecular formula is C14H16Cl2O4S. The number of thiophene rings is 1.